The van der Waals surface area contributed by atoms with Crippen LogP contribution in [0.25, 0.3) is 11.1 Å². The second kappa shape index (κ2) is 9.45. The van der Waals surface area contributed by atoms with Gasteiger partial charge in [-0.25, -0.2) is 4.79 Å². The molecule has 0 saturated heterocycles. The number of hydrogen-bond acceptors (Lipinski definition) is 3. The maximum Gasteiger partial charge on any atom is 0.407 e. The molecule has 0 radical (unpaired) electrons. The van der Waals surface area contributed by atoms with Crippen molar-refractivity contribution >= 4 is 11.8 Å². The number of anilines is 1. The van der Waals surface area contributed by atoms with Crippen molar-refractivity contribution in [1.29, 1.82) is 0 Å². The Morgan fingerprint density at radius 1 is 1.00 bits per heavy atom. The van der Waals surface area contributed by atoms with Gasteiger partial charge in [0.15, 0.2) is 0 Å². The van der Waals surface area contributed by atoms with Gasteiger partial charge < -0.3 is 15.4 Å². The molecule has 0 saturated carbocycles. The molecule has 27 heavy (non-hydrogen) atoms. The molecule has 0 unspecified atom stereocenters. The molecule has 146 valence electrons. The third-order valence-corrected chi connectivity index (χ3v) is 4.09. The van der Waals surface area contributed by atoms with Crippen LogP contribution in [0.15, 0.2) is 48.5 Å². The number of benzene rings is 2. The summed E-state index contributed by atoms with van der Waals surface area (Å²) in [4.78, 5) is 11.8. The van der Waals surface area contributed by atoms with Gasteiger partial charge in [-0.3, -0.25) is 0 Å². The monoisotopic (exact) mass is 368 g/mol. The maximum absolute atomic E-state index is 11.8. The van der Waals surface area contributed by atoms with Gasteiger partial charge >= 0.3 is 6.09 Å². The lowest BCUT2D eigenvalue weighted by molar-refractivity contribution is 0.0511. The fourth-order valence-corrected chi connectivity index (χ4v) is 2.76. The highest BCUT2D eigenvalue weighted by molar-refractivity contribution is 5.68. The Morgan fingerprint density at radius 3 is 2.07 bits per heavy atom. The van der Waals surface area contributed by atoms with Crippen LogP contribution in [0.5, 0.6) is 0 Å². The number of aryl methyl sites for hydroxylation is 1. The van der Waals surface area contributed by atoms with Gasteiger partial charge in [0, 0.05) is 18.3 Å². The first-order chi connectivity index (χ1) is 12.8. The SMILES string of the molecule is CCCc1ccc(-c2ccc(NC[C@H](C)NC(=O)OC(C)(C)C)cc2)cc1. The Bertz CT molecular complexity index is 716. The van der Waals surface area contributed by atoms with E-state index in [9.17, 15) is 4.79 Å². The van der Waals surface area contributed by atoms with E-state index in [0.29, 0.717) is 6.54 Å². The molecule has 0 aromatic heterocycles. The lowest BCUT2D eigenvalue weighted by Gasteiger charge is -2.22. The summed E-state index contributed by atoms with van der Waals surface area (Å²) < 4.78 is 5.27. The van der Waals surface area contributed by atoms with Gasteiger partial charge in [-0.15, -0.1) is 0 Å². The summed E-state index contributed by atoms with van der Waals surface area (Å²) in [5, 5.41) is 6.18. The number of nitrogens with one attached hydrogen (secondary N) is 2. The fraction of sp³-hybridized carbons (Fsp3) is 0.435. The lowest BCUT2D eigenvalue weighted by Crippen LogP contribution is -2.40. The average molecular weight is 369 g/mol. The van der Waals surface area contributed by atoms with Crippen LogP contribution in [-0.4, -0.2) is 24.3 Å². The zero-order valence-corrected chi connectivity index (χ0v) is 17.1. The molecular weight excluding hydrogens is 336 g/mol. The van der Waals surface area contributed by atoms with Crippen LogP contribution in [0, 0.1) is 0 Å². The van der Waals surface area contributed by atoms with E-state index < -0.39 is 11.7 Å². The first-order valence-corrected chi connectivity index (χ1v) is 9.69. The van der Waals surface area contributed by atoms with E-state index in [1.54, 1.807) is 0 Å². The smallest absolute Gasteiger partial charge is 0.407 e. The molecule has 1 amide bonds. The zero-order chi connectivity index (χ0) is 19.9. The fourth-order valence-electron chi connectivity index (χ4n) is 2.76. The molecule has 2 aromatic carbocycles. The minimum Gasteiger partial charge on any atom is -0.444 e. The maximum atomic E-state index is 11.8. The molecule has 2 aromatic rings. The van der Waals surface area contributed by atoms with Crippen LogP contribution in [0.3, 0.4) is 0 Å². The molecule has 2 rings (SSSR count). The highest BCUT2D eigenvalue weighted by Gasteiger charge is 2.17. The highest BCUT2D eigenvalue weighted by Crippen LogP contribution is 2.22. The number of ether oxygens (including phenoxy) is 1. The number of hydrogen-bond donors (Lipinski definition) is 2. The van der Waals surface area contributed by atoms with Crippen molar-refractivity contribution in [3.8, 4) is 11.1 Å². The summed E-state index contributed by atoms with van der Waals surface area (Å²) in [6, 6.07) is 17.1. The van der Waals surface area contributed by atoms with E-state index in [2.05, 4.69) is 66.1 Å². The third kappa shape index (κ3) is 7.33. The first kappa shape index (κ1) is 20.8. The van der Waals surface area contributed by atoms with E-state index in [1.807, 2.05) is 27.7 Å². The quantitative estimate of drug-likeness (QED) is 0.666. The predicted molar refractivity (Wildman–Crippen MR) is 113 cm³/mol. The van der Waals surface area contributed by atoms with Gasteiger partial charge in [0.2, 0.25) is 0 Å². The van der Waals surface area contributed by atoms with Crippen LogP contribution in [0.1, 0.15) is 46.6 Å². The van der Waals surface area contributed by atoms with Gasteiger partial charge in [0.25, 0.3) is 0 Å². The summed E-state index contributed by atoms with van der Waals surface area (Å²) in [6.45, 7) is 10.3. The van der Waals surface area contributed by atoms with E-state index in [1.165, 1.54) is 23.1 Å². The molecule has 0 bridgehead atoms. The van der Waals surface area contributed by atoms with Gasteiger partial charge in [0.1, 0.15) is 5.60 Å². The largest absolute Gasteiger partial charge is 0.444 e. The molecule has 0 heterocycles. The van der Waals surface area contributed by atoms with E-state index in [4.69, 9.17) is 4.74 Å². The molecule has 4 heteroatoms. The molecule has 1 atom stereocenters. The number of carbonyl (C=O) groups excluding carboxylic acids is 1. The van der Waals surface area contributed by atoms with Gasteiger partial charge in [-0.05, 0) is 62.9 Å². The van der Waals surface area contributed by atoms with Gasteiger partial charge in [0.05, 0.1) is 0 Å². The van der Waals surface area contributed by atoms with Crippen molar-refractivity contribution in [2.24, 2.45) is 0 Å². The second-order valence-electron chi connectivity index (χ2n) is 7.95. The van der Waals surface area contributed by atoms with Crippen molar-refractivity contribution in [3.05, 3.63) is 54.1 Å². The van der Waals surface area contributed by atoms with Crippen LogP contribution in [0.4, 0.5) is 10.5 Å². The summed E-state index contributed by atoms with van der Waals surface area (Å²) >= 11 is 0. The summed E-state index contributed by atoms with van der Waals surface area (Å²) in [5.41, 5.74) is 4.34. The lowest BCUT2D eigenvalue weighted by atomic mass is 10.0. The Labute approximate surface area is 163 Å². The van der Waals surface area contributed by atoms with Crippen LogP contribution in [0.2, 0.25) is 0 Å². The van der Waals surface area contributed by atoms with Crippen LogP contribution in [-0.2, 0) is 11.2 Å². The molecule has 0 spiro atoms. The second-order valence-corrected chi connectivity index (χ2v) is 7.95. The average Bonchev–Trinajstić information content (AvgIpc) is 2.60. The molecule has 0 aliphatic rings. The highest BCUT2D eigenvalue weighted by atomic mass is 16.6. The van der Waals surface area contributed by atoms with Gasteiger partial charge in [-0.2, -0.15) is 0 Å². The van der Waals surface area contributed by atoms with Crippen LogP contribution < -0.4 is 10.6 Å². The minimum absolute atomic E-state index is 0.0364. The first-order valence-electron chi connectivity index (χ1n) is 9.69. The normalized spacial score (nSPS) is 12.3. The standard InChI is InChI=1S/C23H32N2O2/c1-6-7-18-8-10-19(11-9-18)20-12-14-21(15-13-20)24-16-17(2)25-22(26)27-23(3,4)5/h8-15,17,24H,6-7,16H2,1-5H3,(H,25,26)/t17-/m0/s1. The molecule has 0 fully saturated rings. The van der Waals surface area contributed by atoms with E-state index >= 15 is 0 Å². The molecular formula is C23H32N2O2. The molecule has 0 aliphatic carbocycles. The Kier molecular flexibility index (Phi) is 7.28. The van der Waals surface area contributed by atoms with E-state index in [-0.39, 0.29) is 6.04 Å². The number of alkyl carbamates (subject to hydrolysis) is 1. The number of rotatable bonds is 7. The van der Waals surface area contributed by atoms with Crippen molar-refractivity contribution in [3.63, 3.8) is 0 Å². The third-order valence-electron chi connectivity index (χ3n) is 4.09. The van der Waals surface area contributed by atoms with Gasteiger partial charge in [-0.1, -0.05) is 49.7 Å². The molecule has 2 N–H and O–H groups in total. The Balaban J connectivity index is 1.85. The summed E-state index contributed by atoms with van der Waals surface area (Å²) in [7, 11) is 0. The Hall–Kier alpha value is -2.49. The van der Waals surface area contributed by atoms with E-state index in [0.717, 1.165) is 12.1 Å². The zero-order valence-electron chi connectivity index (χ0n) is 17.1. The Morgan fingerprint density at radius 2 is 1.56 bits per heavy atom. The van der Waals surface area contributed by atoms with Crippen molar-refractivity contribution in [2.45, 2.75) is 59.1 Å². The molecule has 4 nitrogen and oxygen atoms in total. The summed E-state index contributed by atoms with van der Waals surface area (Å²) in [5.74, 6) is 0. The van der Waals surface area contributed by atoms with Crippen molar-refractivity contribution < 1.29 is 9.53 Å². The van der Waals surface area contributed by atoms with Crippen molar-refractivity contribution in [2.75, 3.05) is 11.9 Å². The number of amides is 1. The molecule has 0 aliphatic heterocycles. The minimum atomic E-state index is -0.484. The topological polar surface area (TPSA) is 50.4 Å². The number of carbonyl (C=O) groups is 1. The summed E-state index contributed by atoms with van der Waals surface area (Å²) in [6.07, 6.45) is 1.90. The van der Waals surface area contributed by atoms with Crippen molar-refractivity contribution in [1.82, 2.24) is 5.32 Å². The van der Waals surface area contributed by atoms with Crippen LogP contribution >= 0.6 is 0 Å². The predicted octanol–water partition coefficient (Wildman–Crippen LogP) is 5.63.